The lowest BCUT2D eigenvalue weighted by Gasteiger charge is -2.08. The normalized spacial score (nSPS) is 15.3. The van der Waals surface area contributed by atoms with Crippen molar-refractivity contribution in [1.82, 2.24) is 24.9 Å². The van der Waals surface area contributed by atoms with Gasteiger partial charge in [0.1, 0.15) is 0 Å². The molecule has 0 atom stereocenters. The quantitative estimate of drug-likeness (QED) is 0.924. The Morgan fingerprint density at radius 2 is 2.00 bits per heavy atom. The maximum absolute atomic E-state index is 4.51. The van der Waals surface area contributed by atoms with Gasteiger partial charge in [-0.2, -0.15) is 10.2 Å². The summed E-state index contributed by atoms with van der Waals surface area (Å²) in [6, 6.07) is 0.629. The van der Waals surface area contributed by atoms with Crippen molar-refractivity contribution in [3.63, 3.8) is 0 Å². The molecule has 5 nitrogen and oxygen atoms in total. The number of nitrogens with one attached hydrogen (secondary N) is 1. The molecule has 2 heterocycles. The third kappa shape index (κ3) is 3.86. The van der Waals surface area contributed by atoms with Crippen LogP contribution in [0, 0.1) is 6.92 Å². The van der Waals surface area contributed by atoms with E-state index in [-0.39, 0.29) is 12.4 Å². The zero-order chi connectivity index (χ0) is 13.9. The van der Waals surface area contributed by atoms with Gasteiger partial charge in [0, 0.05) is 43.7 Å². The van der Waals surface area contributed by atoms with Gasteiger partial charge in [-0.1, -0.05) is 12.8 Å². The lowest BCUT2D eigenvalue weighted by atomic mass is 10.2. The van der Waals surface area contributed by atoms with Gasteiger partial charge in [0.05, 0.1) is 17.9 Å². The van der Waals surface area contributed by atoms with E-state index in [1.54, 1.807) is 0 Å². The Balaban J connectivity index is 0.00000161. The third-order valence-electron chi connectivity index (χ3n) is 4.11. The molecule has 1 N–H and O–H groups in total. The number of hydrogen-bond acceptors (Lipinski definition) is 3. The minimum atomic E-state index is 0. The summed E-state index contributed by atoms with van der Waals surface area (Å²) in [5, 5.41) is 12.3. The molecular formula is C15H24ClN5. The van der Waals surface area contributed by atoms with Gasteiger partial charge in [-0.25, -0.2) is 0 Å². The van der Waals surface area contributed by atoms with Crippen molar-refractivity contribution in [2.45, 2.75) is 51.7 Å². The Kier molecular flexibility index (Phi) is 5.42. The molecule has 0 aromatic carbocycles. The SMILES string of the molecule is Cc1nn(C)cc1CNCc1cnn(C2CCCC2)c1.Cl. The largest absolute Gasteiger partial charge is 0.308 e. The molecule has 0 saturated heterocycles. The zero-order valence-corrected chi connectivity index (χ0v) is 13.6. The molecule has 116 valence electrons. The topological polar surface area (TPSA) is 47.7 Å². The fourth-order valence-electron chi connectivity index (χ4n) is 3.00. The van der Waals surface area contributed by atoms with E-state index in [0.29, 0.717) is 6.04 Å². The molecule has 21 heavy (non-hydrogen) atoms. The Labute approximate surface area is 132 Å². The molecular weight excluding hydrogens is 286 g/mol. The van der Waals surface area contributed by atoms with Gasteiger partial charge in [-0.05, 0) is 19.8 Å². The van der Waals surface area contributed by atoms with E-state index in [1.165, 1.54) is 36.8 Å². The van der Waals surface area contributed by atoms with Crippen molar-refractivity contribution in [2.75, 3.05) is 0 Å². The van der Waals surface area contributed by atoms with Gasteiger partial charge in [-0.15, -0.1) is 12.4 Å². The summed E-state index contributed by atoms with van der Waals surface area (Å²) in [7, 11) is 1.96. The van der Waals surface area contributed by atoms with Gasteiger partial charge in [-0.3, -0.25) is 9.36 Å². The standard InChI is InChI=1S/C15H23N5.ClH/c1-12-14(11-19(2)18-12)9-16-7-13-8-17-20(10-13)15-5-3-4-6-15;/h8,10-11,15-16H,3-7,9H2,1-2H3;1H. The number of aryl methyl sites for hydroxylation is 2. The van der Waals surface area contributed by atoms with Crippen molar-refractivity contribution in [3.8, 4) is 0 Å². The maximum Gasteiger partial charge on any atom is 0.0638 e. The van der Waals surface area contributed by atoms with Crippen molar-refractivity contribution < 1.29 is 0 Å². The maximum atomic E-state index is 4.51. The van der Waals surface area contributed by atoms with E-state index < -0.39 is 0 Å². The van der Waals surface area contributed by atoms with E-state index in [1.807, 2.05) is 17.9 Å². The zero-order valence-electron chi connectivity index (χ0n) is 12.7. The van der Waals surface area contributed by atoms with Gasteiger partial charge >= 0.3 is 0 Å². The molecule has 0 amide bonds. The fourth-order valence-corrected chi connectivity index (χ4v) is 3.00. The lowest BCUT2D eigenvalue weighted by Crippen LogP contribution is -2.12. The molecule has 0 aliphatic heterocycles. The molecule has 2 aromatic heterocycles. The Hall–Kier alpha value is -1.33. The fraction of sp³-hybridized carbons (Fsp3) is 0.600. The Morgan fingerprint density at radius 1 is 1.24 bits per heavy atom. The van der Waals surface area contributed by atoms with Crippen LogP contribution in [0.2, 0.25) is 0 Å². The number of rotatable bonds is 5. The Morgan fingerprint density at radius 3 is 2.67 bits per heavy atom. The molecule has 3 rings (SSSR count). The predicted octanol–water partition coefficient (Wildman–Crippen LogP) is 2.75. The first kappa shape index (κ1) is 16.0. The van der Waals surface area contributed by atoms with Crippen LogP contribution in [0.15, 0.2) is 18.6 Å². The van der Waals surface area contributed by atoms with Gasteiger partial charge in [0.15, 0.2) is 0 Å². The monoisotopic (exact) mass is 309 g/mol. The molecule has 1 saturated carbocycles. The smallest absolute Gasteiger partial charge is 0.0638 e. The van der Waals surface area contributed by atoms with Gasteiger partial charge in [0.2, 0.25) is 0 Å². The third-order valence-corrected chi connectivity index (χ3v) is 4.11. The second-order valence-corrected chi connectivity index (χ2v) is 5.78. The minimum absolute atomic E-state index is 0. The summed E-state index contributed by atoms with van der Waals surface area (Å²) in [4.78, 5) is 0. The van der Waals surface area contributed by atoms with Crippen LogP contribution >= 0.6 is 12.4 Å². The number of halogens is 1. The minimum Gasteiger partial charge on any atom is -0.308 e. The second-order valence-electron chi connectivity index (χ2n) is 5.78. The van der Waals surface area contributed by atoms with E-state index in [2.05, 4.69) is 39.5 Å². The summed E-state index contributed by atoms with van der Waals surface area (Å²) >= 11 is 0. The summed E-state index contributed by atoms with van der Waals surface area (Å²) in [5.41, 5.74) is 3.62. The first-order chi connectivity index (χ1) is 9.72. The van der Waals surface area contributed by atoms with Crippen LogP contribution in [-0.4, -0.2) is 19.6 Å². The van der Waals surface area contributed by atoms with E-state index in [4.69, 9.17) is 0 Å². The van der Waals surface area contributed by atoms with Gasteiger partial charge in [0.25, 0.3) is 0 Å². The van der Waals surface area contributed by atoms with E-state index in [9.17, 15) is 0 Å². The van der Waals surface area contributed by atoms with Crippen LogP contribution in [0.4, 0.5) is 0 Å². The molecule has 6 heteroatoms. The van der Waals surface area contributed by atoms with Crippen LogP contribution in [0.25, 0.3) is 0 Å². The number of hydrogen-bond donors (Lipinski definition) is 1. The van der Waals surface area contributed by atoms with Crippen molar-refractivity contribution in [3.05, 3.63) is 35.4 Å². The molecule has 0 spiro atoms. The molecule has 0 radical (unpaired) electrons. The first-order valence-electron chi connectivity index (χ1n) is 7.45. The first-order valence-corrected chi connectivity index (χ1v) is 7.45. The van der Waals surface area contributed by atoms with Crippen LogP contribution < -0.4 is 5.32 Å². The van der Waals surface area contributed by atoms with Gasteiger partial charge < -0.3 is 5.32 Å². The highest BCUT2D eigenvalue weighted by Crippen LogP contribution is 2.28. The molecule has 1 fully saturated rings. The number of aromatic nitrogens is 4. The molecule has 1 aliphatic carbocycles. The summed E-state index contributed by atoms with van der Waals surface area (Å²) in [6.07, 6.45) is 11.5. The lowest BCUT2D eigenvalue weighted by molar-refractivity contribution is 0.466. The van der Waals surface area contributed by atoms with Crippen LogP contribution in [0.1, 0.15) is 48.5 Å². The van der Waals surface area contributed by atoms with Crippen molar-refractivity contribution in [2.24, 2.45) is 7.05 Å². The highest BCUT2D eigenvalue weighted by atomic mass is 35.5. The summed E-state index contributed by atoms with van der Waals surface area (Å²) in [5.74, 6) is 0. The van der Waals surface area contributed by atoms with Crippen LogP contribution in [-0.2, 0) is 20.1 Å². The van der Waals surface area contributed by atoms with Crippen LogP contribution in [0.5, 0.6) is 0 Å². The highest BCUT2D eigenvalue weighted by Gasteiger charge is 2.17. The van der Waals surface area contributed by atoms with E-state index in [0.717, 1.165) is 18.8 Å². The number of nitrogens with zero attached hydrogens (tertiary/aromatic N) is 4. The average Bonchev–Trinajstić information content (AvgIpc) is 3.12. The Bertz CT molecular complexity index is 568. The summed E-state index contributed by atoms with van der Waals surface area (Å²) in [6.45, 7) is 3.77. The van der Waals surface area contributed by atoms with Crippen molar-refractivity contribution >= 4 is 12.4 Å². The molecule has 0 unspecified atom stereocenters. The van der Waals surface area contributed by atoms with Crippen molar-refractivity contribution in [1.29, 1.82) is 0 Å². The molecule has 0 bridgehead atoms. The summed E-state index contributed by atoms with van der Waals surface area (Å²) < 4.78 is 4.02. The highest BCUT2D eigenvalue weighted by molar-refractivity contribution is 5.85. The average molecular weight is 310 g/mol. The molecule has 2 aromatic rings. The second kappa shape index (κ2) is 7.09. The predicted molar refractivity (Wildman–Crippen MR) is 85.5 cm³/mol. The van der Waals surface area contributed by atoms with E-state index >= 15 is 0 Å². The van der Waals surface area contributed by atoms with Crippen LogP contribution in [0.3, 0.4) is 0 Å². The molecule has 1 aliphatic rings.